The van der Waals surface area contributed by atoms with Crippen LogP contribution in [0.1, 0.15) is 44.9 Å². The molecule has 2 saturated heterocycles. The fourth-order valence-corrected chi connectivity index (χ4v) is 3.93. The van der Waals surface area contributed by atoms with Crippen molar-refractivity contribution >= 4 is 11.8 Å². The van der Waals surface area contributed by atoms with Crippen molar-refractivity contribution in [1.29, 1.82) is 0 Å². The molecule has 0 aromatic carbocycles. The Labute approximate surface area is 120 Å². The number of carbonyl (C=O) groups excluding carboxylic acids is 2. The van der Waals surface area contributed by atoms with Crippen LogP contribution in [0, 0.1) is 5.41 Å². The molecule has 0 bridgehead atoms. The van der Waals surface area contributed by atoms with E-state index in [9.17, 15) is 9.59 Å². The predicted octanol–water partition coefficient (Wildman–Crippen LogP) is 0.647. The minimum Gasteiger partial charge on any atom is -0.352 e. The summed E-state index contributed by atoms with van der Waals surface area (Å²) in [6.45, 7) is 3.01. The van der Waals surface area contributed by atoms with Crippen molar-refractivity contribution in [2.24, 2.45) is 5.41 Å². The van der Waals surface area contributed by atoms with Gasteiger partial charge < -0.3 is 15.5 Å². The molecule has 112 valence electrons. The minimum absolute atomic E-state index is 0.0243. The highest BCUT2D eigenvalue weighted by Gasteiger charge is 2.43. The molecule has 0 aromatic rings. The van der Waals surface area contributed by atoms with Gasteiger partial charge >= 0.3 is 0 Å². The summed E-state index contributed by atoms with van der Waals surface area (Å²) in [5.41, 5.74) is 0.135. The molecular formula is C15H25N3O2. The molecule has 2 amide bonds. The van der Waals surface area contributed by atoms with Gasteiger partial charge in [-0.1, -0.05) is 12.8 Å². The maximum absolute atomic E-state index is 12.1. The lowest BCUT2D eigenvalue weighted by molar-refractivity contribution is -0.133. The monoisotopic (exact) mass is 279 g/mol. The van der Waals surface area contributed by atoms with Gasteiger partial charge in [0, 0.05) is 19.0 Å². The van der Waals surface area contributed by atoms with Gasteiger partial charge in [-0.15, -0.1) is 0 Å². The number of carbonyl (C=O) groups is 2. The van der Waals surface area contributed by atoms with Gasteiger partial charge in [0.1, 0.15) is 0 Å². The van der Waals surface area contributed by atoms with Gasteiger partial charge in [0.05, 0.1) is 6.54 Å². The number of amides is 2. The Bertz CT molecular complexity index is 385. The maximum atomic E-state index is 12.1. The van der Waals surface area contributed by atoms with Crippen LogP contribution in [-0.2, 0) is 9.59 Å². The zero-order valence-electron chi connectivity index (χ0n) is 12.1. The van der Waals surface area contributed by atoms with Crippen LogP contribution >= 0.6 is 0 Å². The summed E-state index contributed by atoms with van der Waals surface area (Å²) in [4.78, 5) is 26.0. The standard InChI is InChI=1S/C15H25N3O2/c19-13(17-12-3-1-2-4-12)10-18-11-15(9-14(18)20)5-7-16-8-6-15/h12,16H,1-11H2,(H,17,19). The summed E-state index contributed by atoms with van der Waals surface area (Å²) >= 11 is 0. The Morgan fingerprint density at radius 3 is 2.70 bits per heavy atom. The van der Waals surface area contributed by atoms with E-state index < -0.39 is 0 Å². The Balaban J connectivity index is 1.52. The lowest BCUT2D eigenvalue weighted by Crippen LogP contribution is -2.43. The molecule has 20 heavy (non-hydrogen) atoms. The van der Waals surface area contributed by atoms with Gasteiger partial charge in [-0.25, -0.2) is 0 Å². The number of piperidine rings is 1. The molecule has 1 saturated carbocycles. The first-order valence-electron chi connectivity index (χ1n) is 7.95. The number of likely N-dealkylation sites (tertiary alicyclic amines) is 1. The molecule has 3 rings (SSSR count). The van der Waals surface area contributed by atoms with E-state index in [0.29, 0.717) is 12.5 Å². The molecule has 0 radical (unpaired) electrons. The molecular weight excluding hydrogens is 254 g/mol. The van der Waals surface area contributed by atoms with E-state index in [-0.39, 0.29) is 23.8 Å². The molecule has 1 aliphatic carbocycles. The van der Waals surface area contributed by atoms with Crippen LogP contribution in [0.2, 0.25) is 0 Å². The van der Waals surface area contributed by atoms with Crippen molar-refractivity contribution in [2.45, 2.75) is 51.0 Å². The number of hydrogen-bond donors (Lipinski definition) is 2. The SMILES string of the molecule is O=C(CN1CC2(CCNCC2)CC1=O)NC1CCCC1. The van der Waals surface area contributed by atoms with Gasteiger partial charge in [-0.2, -0.15) is 0 Å². The molecule has 2 aliphatic heterocycles. The topological polar surface area (TPSA) is 61.4 Å². The largest absolute Gasteiger partial charge is 0.352 e. The summed E-state index contributed by atoms with van der Waals surface area (Å²) in [6, 6.07) is 0.341. The van der Waals surface area contributed by atoms with Gasteiger partial charge in [-0.3, -0.25) is 9.59 Å². The van der Waals surface area contributed by atoms with Crippen molar-refractivity contribution in [3.63, 3.8) is 0 Å². The average Bonchev–Trinajstić information content (AvgIpc) is 3.00. The maximum Gasteiger partial charge on any atom is 0.239 e. The van der Waals surface area contributed by atoms with Crippen LogP contribution in [0.25, 0.3) is 0 Å². The van der Waals surface area contributed by atoms with E-state index in [1.165, 1.54) is 12.8 Å². The lowest BCUT2D eigenvalue weighted by Gasteiger charge is -2.33. The number of hydrogen-bond acceptors (Lipinski definition) is 3. The third kappa shape index (κ3) is 2.97. The van der Waals surface area contributed by atoms with Crippen molar-refractivity contribution in [3.8, 4) is 0 Å². The third-order valence-corrected chi connectivity index (χ3v) is 5.12. The first kappa shape index (κ1) is 13.9. The van der Waals surface area contributed by atoms with E-state index in [4.69, 9.17) is 0 Å². The predicted molar refractivity (Wildman–Crippen MR) is 76.1 cm³/mol. The fourth-order valence-electron chi connectivity index (χ4n) is 3.93. The van der Waals surface area contributed by atoms with Crippen LogP contribution in [-0.4, -0.2) is 48.9 Å². The van der Waals surface area contributed by atoms with Crippen molar-refractivity contribution in [1.82, 2.24) is 15.5 Å². The molecule has 0 atom stereocenters. The van der Waals surface area contributed by atoms with Gasteiger partial charge in [-0.05, 0) is 44.2 Å². The van der Waals surface area contributed by atoms with Crippen molar-refractivity contribution in [3.05, 3.63) is 0 Å². The molecule has 2 N–H and O–H groups in total. The normalized spacial score (nSPS) is 26.4. The zero-order valence-corrected chi connectivity index (χ0v) is 12.1. The highest BCUT2D eigenvalue weighted by atomic mass is 16.2. The summed E-state index contributed by atoms with van der Waals surface area (Å²) in [5.74, 6) is 0.185. The summed E-state index contributed by atoms with van der Waals surface area (Å²) in [6.07, 6.45) is 7.35. The second kappa shape index (κ2) is 5.72. The molecule has 5 heteroatoms. The molecule has 2 heterocycles. The smallest absolute Gasteiger partial charge is 0.239 e. The number of nitrogens with one attached hydrogen (secondary N) is 2. The Kier molecular flexibility index (Phi) is 3.96. The molecule has 3 aliphatic rings. The summed E-state index contributed by atoms with van der Waals surface area (Å²) in [7, 11) is 0. The zero-order chi connectivity index (χ0) is 14.0. The fraction of sp³-hybridized carbons (Fsp3) is 0.867. The quantitative estimate of drug-likeness (QED) is 0.797. The van der Waals surface area contributed by atoms with Crippen LogP contribution in [0.15, 0.2) is 0 Å². The van der Waals surface area contributed by atoms with E-state index in [2.05, 4.69) is 10.6 Å². The molecule has 5 nitrogen and oxygen atoms in total. The Hall–Kier alpha value is -1.10. The van der Waals surface area contributed by atoms with Crippen molar-refractivity contribution < 1.29 is 9.59 Å². The lowest BCUT2D eigenvalue weighted by atomic mass is 9.78. The first-order chi connectivity index (χ1) is 9.67. The average molecular weight is 279 g/mol. The second-order valence-electron chi connectivity index (χ2n) is 6.73. The summed E-state index contributed by atoms with van der Waals surface area (Å²) in [5, 5.41) is 6.42. The van der Waals surface area contributed by atoms with E-state index in [1.54, 1.807) is 4.90 Å². The number of nitrogens with zero attached hydrogens (tertiary/aromatic N) is 1. The van der Waals surface area contributed by atoms with Gasteiger partial charge in [0.2, 0.25) is 11.8 Å². The molecule has 3 fully saturated rings. The van der Waals surface area contributed by atoms with E-state index >= 15 is 0 Å². The second-order valence-corrected chi connectivity index (χ2v) is 6.73. The molecule has 0 aromatic heterocycles. The van der Waals surface area contributed by atoms with Gasteiger partial charge in [0.25, 0.3) is 0 Å². The van der Waals surface area contributed by atoms with E-state index in [0.717, 1.165) is 45.3 Å². The van der Waals surface area contributed by atoms with Crippen LogP contribution in [0.4, 0.5) is 0 Å². The van der Waals surface area contributed by atoms with Crippen LogP contribution in [0.5, 0.6) is 0 Å². The summed E-state index contributed by atoms with van der Waals surface area (Å²) < 4.78 is 0. The Morgan fingerprint density at radius 1 is 1.30 bits per heavy atom. The van der Waals surface area contributed by atoms with E-state index in [1.807, 2.05) is 0 Å². The van der Waals surface area contributed by atoms with Crippen LogP contribution < -0.4 is 10.6 Å². The number of rotatable bonds is 3. The highest BCUT2D eigenvalue weighted by molar-refractivity contribution is 5.86. The first-order valence-corrected chi connectivity index (χ1v) is 7.95. The van der Waals surface area contributed by atoms with Crippen LogP contribution in [0.3, 0.4) is 0 Å². The molecule has 0 unspecified atom stereocenters. The Morgan fingerprint density at radius 2 is 2.00 bits per heavy atom. The van der Waals surface area contributed by atoms with Crippen molar-refractivity contribution in [2.75, 3.05) is 26.2 Å². The molecule has 1 spiro atoms. The highest BCUT2D eigenvalue weighted by Crippen LogP contribution is 2.39. The third-order valence-electron chi connectivity index (χ3n) is 5.12. The van der Waals surface area contributed by atoms with Gasteiger partial charge in [0.15, 0.2) is 0 Å². The minimum atomic E-state index is 0.0243.